The van der Waals surface area contributed by atoms with Gasteiger partial charge in [0.25, 0.3) is 0 Å². The number of carbonyl (C=O) groups is 2. The summed E-state index contributed by atoms with van der Waals surface area (Å²) in [6, 6.07) is 0. The monoisotopic (exact) mass is 242 g/mol. The molecule has 0 unspecified atom stereocenters. The molecule has 98 valence electrons. The number of carboxylic acid groups (broad SMARTS) is 1. The second-order valence-corrected chi connectivity index (χ2v) is 4.61. The number of carboxylic acids is 1. The molecular formula is C12H22N2O3. The van der Waals surface area contributed by atoms with Gasteiger partial charge in [0.15, 0.2) is 0 Å². The predicted octanol–water partition coefficient (Wildman–Crippen LogP) is 0.699. The van der Waals surface area contributed by atoms with E-state index in [1.165, 1.54) is 0 Å². The second kappa shape index (κ2) is 7.27. The topological polar surface area (TPSA) is 69.6 Å². The van der Waals surface area contributed by atoms with E-state index >= 15 is 0 Å². The minimum absolute atomic E-state index is 0.0144. The van der Waals surface area contributed by atoms with Crippen LogP contribution < -0.4 is 5.32 Å². The van der Waals surface area contributed by atoms with Crippen molar-refractivity contribution in [3.8, 4) is 0 Å². The van der Waals surface area contributed by atoms with Crippen molar-refractivity contribution in [3.63, 3.8) is 0 Å². The fraction of sp³-hybridized carbons (Fsp3) is 0.833. The number of hydrogen-bond donors (Lipinski definition) is 2. The van der Waals surface area contributed by atoms with E-state index in [1.54, 1.807) is 4.90 Å². The lowest BCUT2D eigenvalue weighted by molar-refractivity contribution is -0.141. The van der Waals surface area contributed by atoms with Crippen molar-refractivity contribution in [3.05, 3.63) is 0 Å². The molecule has 0 spiro atoms. The van der Waals surface area contributed by atoms with Gasteiger partial charge in [0.1, 0.15) is 0 Å². The van der Waals surface area contributed by atoms with Gasteiger partial charge in [-0.1, -0.05) is 0 Å². The molecule has 5 nitrogen and oxygen atoms in total. The van der Waals surface area contributed by atoms with Gasteiger partial charge in [0, 0.05) is 19.5 Å². The van der Waals surface area contributed by atoms with Gasteiger partial charge in [-0.3, -0.25) is 9.59 Å². The van der Waals surface area contributed by atoms with Gasteiger partial charge in [-0.15, -0.1) is 0 Å². The Balaban J connectivity index is 2.21. The smallest absolute Gasteiger partial charge is 0.303 e. The first kappa shape index (κ1) is 14.0. The standard InChI is InChI=1S/C12H22N2O3/c1-13-7-4-10-5-8-14(9-6-10)11(15)2-3-12(16)17/h10,13H,2-9H2,1H3,(H,16,17). The average molecular weight is 242 g/mol. The van der Waals surface area contributed by atoms with Gasteiger partial charge in [-0.05, 0) is 38.8 Å². The number of hydrogen-bond acceptors (Lipinski definition) is 3. The molecule has 1 saturated heterocycles. The average Bonchev–Trinajstić information content (AvgIpc) is 2.34. The molecule has 0 aromatic rings. The first-order valence-electron chi connectivity index (χ1n) is 6.27. The Bertz CT molecular complexity index is 260. The van der Waals surface area contributed by atoms with Crippen molar-refractivity contribution in [2.45, 2.75) is 32.1 Å². The normalized spacial score (nSPS) is 17.1. The first-order valence-corrected chi connectivity index (χ1v) is 6.27. The van der Waals surface area contributed by atoms with Crippen LogP contribution in [-0.2, 0) is 9.59 Å². The number of amides is 1. The van der Waals surface area contributed by atoms with Crippen molar-refractivity contribution in [2.24, 2.45) is 5.92 Å². The molecule has 0 atom stereocenters. The van der Waals surface area contributed by atoms with Crippen LogP contribution in [0.15, 0.2) is 0 Å². The van der Waals surface area contributed by atoms with E-state index in [2.05, 4.69) is 5.32 Å². The summed E-state index contributed by atoms with van der Waals surface area (Å²) >= 11 is 0. The largest absolute Gasteiger partial charge is 0.481 e. The van der Waals surface area contributed by atoms with E-state index in [-0.39, 0.29) is 18.7 Å². The molecule has 0 aromatic carbocycles. The second-order valence-electron chi connectivity index (χ2n) is 4.61. The van der Waals surface area contributed by atoms with Crippen LogP contribution in [0.3, 0.4) is 0 Å². The Kier molecular flexibility index (Phi) is 5.97. The Morgan fingerprint density at radius 2 is 1.94 bits per heavy atom. The van der Waals surface area contributed by atoms with E-state index in [4.69, 9.17) is 5.11 Å². The fourth-order valence-corrected chi connectivity index (χ4v) is 2.19. The number of nitrogens with zero attached hydrogens (tertiary/aromatic N) is 1. The van der Waals surface area contributed by atoms with Crippen LogP contribution >= 0.6 is 0 Å². The number of rotatable bonds is 6. The Hall–Kier alpha value is -1.10. The first-order chi connectivity index (χ1) is 8.13. The summed E-state index contributed by atoms with van der Waals surface area (Å²) in [4.78, 5) is 23.9. The lowest BCUT2D eigenvalue weighted by Gasteiger charge is -2.32. The van der Waals surface area contributed by atoms with Crippen LogP contribution in [0.1, 0.15) is 32.1 Å². The molecule has 1 aliphatic rings. The molecule has 1 rings (SSSR count). The van der Waals surface area contributed by atoms with Gasteiger partial charge in [0.05, 0.1) is 6.42 Å². The van der Waals surface area contributed by atoms with E-state index in [1.807, 2.05) is 7.05 Å². The molecule has 0 saturated carbocycles. The molecule has 5 heteroatoms. The summed E-state index contributed by atoms with van der Waals surface area (Å²) in [6.07, 6.45) is 3.32. The Morgan fingerprint density at radius 1 is 1.29 bits per heavy atom. The highest BCUT2D eigenvalue weighted by Gasteiger charge is 2.22. The summed E-state index contributed by atoms with van der Waals surface area (Å²) in [5.41, 5.74) is 0. The summed E-state index contributed by atoms with van der Waals surface area (Å²) in [7, 11) is 1.95. The van der Waals surface area contributed by atoms with Crippen LogP contribution in [0.4, 0.5) is 0 Å². The van der Waals surface area contributed by atoms with E-state index in [0.29, 0.717) is 5.92 Å². The number of carbonyl (C=O) groups excluding carboxylic acids is 1. The molecular weight excluding hydrogens is 220 g/mol. The minimum Gasteiger partial charge on any atom is -0.481 e. The maximum Gasteiger partial charge on any atom is 0.303 e. The van der Waals surface area contributed by atoms with Gasteiger partial charge < -0.3 is 15.3 Å². The predicted molar refractivity (Wildman–Crippen MR) is 64.7 cm³/mol. The molecule has 1 heterocycles. The molecule has 1 fully saturated rings. The highest BCUT2D eigenvalue weighted by Crippen LogP contribution is 2.20. The maximum absolute atomic E-state index is 11.7. The summed E-state index contributed by atoms with van der Waals surface area (Å²) in [5.74, 6) is -0.215. The zero-order valence-corrected chi connectivity index (χ0v) is 10.4. The quantitative estimate of drug-likeness (QED) is 0.719. The molecule has 0 aromatic heterocycles. The van der Waals surface area contributed by atoms with Gasteiger partial charge in [0.2, 0.25) is 5.91 Å². The third kappa shape index (κ3) is 5.17. The number of aliphatic carboxylic acids is 1. The van der Waals surface area contributed by atoms with Crippen molar-refractivity contribution in [1.82, 2.24) is 10.2 Å². The Morgan fingerprint density at radius 3 is 2.47 bits per heavy atom. The maximum atomic E-state index is 11.7. The summed E-state index contributed by atoms with van der Waals surface area (Å²) < 4.78 is 0. The molecule has 1 aliphatic heterocycles. The number of piperidine rings is 1. The van der Waals surface area contributed by atoms with Crippen molar-refractivity contribution < 1.29 is 14.7 Å². The third-order valence-corrected chi connectivity index (χ3v) is 3.32. The van der Waals surface area contributed by atoms with Crippen molar-refractivity contribution in [2.75, 3.05) is 26.7 Å². The minimum atomic E-state index is -0.901. The zero-order valence-electron chi connectivity index (χ0n) is 10.4. The van der Waals surface area contributed by atoms with Gasteiger partial charge in [-0.2, -0.15) is 0 Å². The fourth-order valence-electron chi connectivity index (χ4n) is 2.19. The third-order valence-electron chi connectivity index (χ3n) is 3.32. The van der Waals surface area contributed by atoms with E-state index < -0.39 is 5.97 Å². The molecule has 0 bridgehead atoms. The van der Waals surface area contributed by atoms with Crippen LogP contribution in [0.25, 0.3) is 0 Å². The van der Waals surface area contributed by atoms with E-state index in [0.717, 1.165) is 38.9 Å². The van der Waals surface area contributed by atoms with Crippen LogP contribution in [0.5, 0.6) is 0 Å². The SMILES string of the molecule is CNCCC1CCN(C(=O)CCC(=O)O)CC1. The van der Waals surface area contributed by atoms with Crippen LogP contribution in [-0.4, -0.2) is 48.6 Å². The number of likely N-dealkylation sites (tertiary alicyclic amines) is 1. The van der Waals surface area contributed by atoms with Gasteiger partial charge >= 0.3 is 5.97 Å². The number of nitrogens with one attached hydrogen (secondary N) is 1. The van der Waals surface area contributed by atoms with E-state index in [9.17, 15) is 9.59 Å². The lowest BCUT2D eigenvalue weighted by Crippen LogP contribution is -2.39. The molecule has 0 radical (unpaired) electrons. The lowest BCUT2D eigenvalue weighted by atomic mass is 9.93. The molecule has 17 heavy (non-hydrogen) atoms. The summed E-state index contributed by atoms with van der Waals surface area (Å²) in [5, 5.41) is 11.7. The highest BCUT2D eigenvalue weighted by molar-refractivity contribution is 5.80. The molecule has 1 amide bonds. The molecule has 2 N–H and O–H groups in total. The Labute approximate surface area is 102 Å². The van der Waals surface area contributed by atoms with Crippen LogP contribution in [0.2, 0.25) is 0 Å². The van der Waals surface area contributed by atoms with Crippen molar-refractivity contribution >= 4 is 11.9 Å². The summed E-state index contributed by atoms with van der Waals surface area (Å²) in [6.45, 7) is 2.59. The highest BCUT2D eigenvalue weighted by atomic mass is 16.4. The zero-order chi connectivity index (χ0) is 12.7. The van der Waals surface area contributed by atoms with Crippen molar-refractivity contribution in [1.29, 1.82) is 0 Å². The molecule has 0 aliphatic carbocycles. The van der Waals surface area contributed by atoms with Gasteiger partial charge in [-0.25, -0.2) is 0 Å². The van der Waals surface area contributed by atoms with Crippen LogP contribution in [0, 0.1) is 5.92 Å².